The highest BCUT2D eigenvalue weighted by Gasteiger charge is 2.26. The van der Waals surface area contributed by atoms with E-state index in [1.165, 1.54) is 12.1 Å². The van der Waals surface area contributed by atoms with Crippen LogP contribution in [0.4, 0.5) is 0 Å². The van der Waals surface area contributed by atoms with E-state index in [4.69, 9.17) is 5.11 Å². The number of phenolic OH excluding ortho intramolecular Hbond substituents is 1. The summed E-state index contributed by atoms with van der Waals surface area (Å²) < 4.78 is 0.630. The minimum Gasteiger partial charge on any atom is -0.507 e. The Morgan fingerprint density at radius 2 is 2.05 bits per heavy atom. The standard InChI is InChI=1S/C13H16BrNO4/c1-3-7(2)11(13(18)19)15-12(17)9-6-8(14)4-5-10(9)16/h4-7,11,16H,3H2,1-2H3,(H,15,17)(H,18,19)/t7?,11-/m0/s1. The third-order valence-corrected chi connectivity index (χ3v) is 3.46. The quantitative estimate of drug-likeness (QED) is 0.774. The number of benzene rings is 1. The second-order valence-corrected chi connectivity index (χ2v) is 5.25. The van der Waals surface area contributed by atoms with Crippen LogP contribution in [0, 0.1) is 5.92 Å². The molecule has 3 N–H and O–H groups in total. The Morgan fingerprint density at radius 1 is 1.42 bits per heavy atom. The van der Waals surface area contributed by atoms with Gasteiger partial charge in [-0.25, -0.2) is 4.79 Å². The molecule has 5 nitrogen and oxygen atoms in total. The van der Waals surface area contributed by atoms with Gasteiger partial charge in [0.2, 0.25) is 0 Å². The molecule has 1 aromatic rings. The first-order valence-electron chi connectivity index (χ1n) is 5.89. The summed E-state index contributed by atoms with van der Waals surface area (Å²) in [5.74, 6) is -2.08. The number of carbonyl (C=O) groups excluding carboxylic acids is 1. The molecule has 1 aromatic carbocycles. The Hall–Kier alpha value is -1.56. The number of carboxylic acid groups (broad SMARTS) is 1. The average Bonchev–Trinajstić information content (AvgIpc) is 2.37. The third kappa shape index (κ3) is 3.96. The lowest BCUT2D eigenvalue weighted by molar-refractivity contribution is -0.140. The van der Waals surface area contributed by atoms with Crippen molar-refractivity contribution in [2.24, 2.45) is 5.92 Å². The minimum atomic E-state index is -1.09. The van der Waals surface area contributed by atoms with Crippen LogP contribution >= 0.6 is 15.9 Å². The Bertz CT molecular complexity index is 490. The molecule has 0 aliphatic carbocycles. The maximum atomic E-state index is 12.0. The zero-order valence-corrected chi connectivity index (χ0v) is 12.3. The van der Waals surface area contributed by atoms with Gasteiger partial charge in [0.05, 0.1) is 5.56 Å². The predicted octanol–water partition coefficient (Wildman–Crippen LogP) is 2.38. The molecule has 0 radical (unpaired) electrons. The molecule has 0 saturated heterocycles. The van der Waals surface area contributed by atoms with Crippen LogP contribution in [0.1, 0.15) is 30.6 Å². The van der Waals surface area contributed by atoms with Crippen molar-refractivity contribution in [3.63, 3.8) is 0 Å². The van der Waals surface area contributed by atoms with Gasteiger partial charge in [0, 0.05) is 4.47 Å². The Kier molecular flexibility index (Phi) is 5.35. The third-order valence-electron chi connectivity index (χ3n) is 2.97. The van der Waals surface area contributed by atoms with Crippen molar-refractivity contribution in [2.45, 2.75) is 26.3 Å². The number of amides is 1. The molecule has 0 heterocycles. The molecule has 104 valence electrons. The summed E-state index contributed by atoms with van der Waals surface area (Å²) in [6.45, 7) is 3.60. The van der Waals surface area contributed by atoms with Gasteiger partial charge in [-0.2, -0.15) is 0 Å². The number of carbonyl (C=O) groups is 2. The molecule has 1 unspecified atom stereocenters. The van der Waals surface area contributed by atoms with Crippen LogP contribution in [-0.4, -0.2) is 28.1 Å². The normalized spacial score (nSPS) is 13.6. The molecule has 1 rings (SSSR count). The fraction of sp³-hybridized carbons (Fsp3) is 0.385. The summed E-state index contributed by atoms with van der Waals surface area (Å²) in [4.78, 5) is 23.1. The molecule has 0 aliphatic rings. The van der Waals surface area contributed by atoms with E-state index < -0.39 is 17.9 Å². The van der Waals surface area contributed by atoms with E-state index in [-0.39, 0.29) is 17.2 Å². The van der Waals surface area contributed by atoms with Crippen LogP contribution < -0.4 is 5.32 Å². The molecule has 0 aromatic heterocycles. The summed E-state index contributed by atoms with van der Waals surface area (Å²) in [6, 6.07) is 3.43. The van der Waals surface area contributed by atoms with Crippen LogP contribution in [0.2, 0.25) is 0 Å². The fourth-order valence-electron chi connectivity index (χ4n) is 1.59. The van der Waals surface area contributed by atoms with Crippen molar-refractivity contribution in [2.75, 3.05) is 0 Å². The van der Waals surface area contributed by atoms with E-state index in [1.807, 2.05) is 6.92 Å². The number of nitrogens with one attached hydrogen (secondary N) is 1. The van der Waals surface area contributed by atoms with Crippen LogP contribution in [0.15, 0.2) is 22.7 Å². The largest absolute Gasteiger partial charge is 0.507 e. The maximum Gasteiger partial charge on any atom is 0.326 e. The van der Waals surface area contributed by atoms with E-state index in [0.717, 1.165) is 0 Å². The van der Waals surface area contributed by atoms with E-state index >= 15 is 0 Å². The first-order chi connectivity index (χ1) is 8.86. The number of phenols is 1. The molecular formula is C13H16BrNO4. The van der Waals surface area contributed by atoms with Gasteiger partial charge in [-0.3, -0.25) is 4.79 Å². The number of hydrogen-bond acceptors (Lipinski definition) is 3. The number of aromatic hydroxyl groups is 1. The number of rotatable bonds is 5. The highest BCUT2D eigenvalue weighted by molar-refractivity contribution is 9.10. The van der Waals surface area contributed by atoms with Crippen LogP contribution in [0.5, 0.6) is 5.75 Å². The zero-order valence-electron chi connectivity index (χ0n) is 10.7. The molecular weight excluding hydrogens is 314 g/mol. The van der Waals surface area contributed by atoms with Crippen LogP contribution in [0.3, 0.4) is 0 Å². The fourth-order valence-corrected chi connectivity index (χ4v) is 1.95. The van der Waals surface area contributed by atoms with E-state index in [2.05, 4.69) is 21.2 Å². The number of carboxylic acids is 1. The molecule has 0 saturated carbocycles. The van der Waals surface area contributed by atoms with E-state index in [1.54, 1.807) is 13.0 Å². The summed E-state index contributed by atoms with van der Waals surface area (Å²) >= 11 is 3.19. The van der Waals surface area contributed by atoms with Crippen molar-refractivity contribution < 1.29 is 19.8 Å². The summed E-state index contributed by atoms with van der Waals surface area (Å²) in [5, 5.41) is 21.2. The lowest BCUT2D eigenvalue weighted by Crippen LogP contribution is -2.45. The zero-order chi connectivity index (χ0) is 14.6. The molecule has 0 spiro atoms. The SMILES string of the molecule is CCC(C)[C@H](NC(=O)c1cc(Br)ccc1O)C(=O)O. The van der Waals surface area contributed by atoms with Crippen molar-refractivity contribution in [3.05, 3.63) is 28.2 Å². The molecule has 19 heavy (non-hydrogen) atoms. The van der Waals surface area contributed by atoms with E-state index in [0.29, 0.717) is 10.9 Å². The summed E-state index contributed by atoms with van der Waals surface area (Å²) in [6.07, 6.45) is 0.627. The first kappa shape index (κ1) is 15.5. The van der Waals surface area contributed by atoms with Gasteiger partial charge in [-0.15, -0.1) is 0 Å². The van der Waals surface area contributed by atoms with Crippen molar-refractivity contribution in [3.8, 4) is 5.75 Å². The molecule has 0 aliphatic heterocycles. The minimum absolute atomic E-state index is 0.0453. The van der Waals surface area contributed by atoms with Crippen LogP contribution in [0.25, 0.3) is 0 Å². The Morgan fingerprint density at radius 3 is 2.58 bits per heavy atom. The van der Waals surface area contributed by atoms with Crippen molar-refractivity contribution in [1.82, 2.24) is 5.32 Å². The van der Waals surface area contributed by atoms with Gasteiger partial charge in [-0.05, 0) is 24.1 Å². The van der Waals surface area contributed by atoms with E-state index in [9.17, 15) is 14.7 Å². The second-order valence-electron chi connectivity index (χ2n) is 4.34. The lowest BCUT2D eigenvalue weighted by atomic mass is 9.99. The number of halogens is 1. The monoisotopic (exact) mass is 329 g/mol. The van der Waals surface area contributed by atoms with Gasteiger partial charge in [0.1, 0.15) is 11.8 Å². The van der Waals surface area contributed by atoms with Gasteiger partial charge >= 0.3 is 5.97 Å². The smallest absolute Gasteiger partial charge is 0.326 e. The summed E-state index contributed by atoms with van der Waals surface area (Å²) in [7, 11) is 0. The number of aliphatic carboxylic acids is 1. The Balaban J connectivity index is 2.94. The second kappa shape index (κ2) is 6.56. The lowest BCUT2D eigenvalue weighted by Gasteiger charge is -2.20. The predicted molar refractivity (Wildman–Crippen MR) is 74.2 cm³/mol. The van der Waals surface area contributed by atoms with Gasteiger partial charge in [0.15, 0.2) is 0 Å². The molecule has 1 amide bonds. The molecule has 0 fully saturated rings. The topological polar surface area (TPSA) is 86.6 Å². The Labute approximate surface area is 119 Å². The maximum absolute atomic E-state index is 12.0. The first-order valence-corrected chi connectivity index (χ1v) is 6.68. The highest BCUT2D eigenvalue weighted by Crippen LogP contribution is 2.22. The van der Waals surface area contributed by atoms with Crippen molar-refractivity contribution in [1.29, 1.82) is 0 Å². The van der Waals surface area contributed by atoms with Gasteiger partial charge < -0.3 is 15.5 Å². The van der Waals surface area contributed by atoms with Crippen LogP contribution in [-0.2, 0) is 4.79 Å². The average molecular weight is 330 g/mol. The molecule has 2 atom stereocenters. The van der Waals surface area contributed by atoms with Gasteiger partial charge in [-0.1, -0.05) is 36.2 Å². The molecule has 0 bridgehead atoms. The van der Waals surface area contributed by atoms with Crippen molar-refractivity contribution >= 4 is 27.8 Å². The summed E-state index contributed by atoms with van der Waals surface area (Å²) in [5.41, 5.74) is 0.0453. The highest BCUT2D eigenvalue weighted by atomic mass is 79.9. The van der Waals surface area contributed by atoms with Gasteiger partial charge in [0.25, 0.3) is 5.91 Å². The molecule has 6 heteroatoms. The number of hydrogen-bond donors (Lipinski definition) is 3.